The number of nitrogens with zero attached hydrogens (tertiary/aromatic N) is 3. The second-order valence-electron chi connectivity index (χ2n) is 9.46. The molecule has 0 spiro atoms. The molecule has 0 unspecified atom stereocenters. The highest BCUT2D eigenvalue weighted by Gasteiger charge is 2.29. The molecule has 6 nitrogen and oxygen atoms in total. The highest BCUT2D eigenvalue weighted by Crippen LogP contribution is 2.22. The molecule has 1 fully saturated rings. The molecule has 2 rings (SSSR count). The number of carbonyl (C=O) groups excluding carboxylic acids is 2. The third-order valence-electron chi connectivity index (χ3n) is 6.25. The number of hydrogen-bond donors (Lipinski definition) is 0. The third-order valence-corrected chi connectivity index (χ3v) is 6.25. The van der Waals surface area contributed by atoms with Crippen LogP contribution in [0.25, 0.3) is 0 Å². The van der Waals surface area contributed by atoms with E-state index in [1.165, 1.54) is 12.4 Å². The normalized spacial score (nSPS) is 16.1. The van der Waals surface area contributed by atoms with Crippen LogP contribution in [0.5, 0.6) is 0 Å². The van der Waals surface area contributed by atoms with E-state index in [2.05, 4.69) is 72.7 Å². The van der Waals surface area contributed by atoms with Gasteiger partial charge in [0.15, 0.2) is 0 Å². The SMILES string of the molecule is CC/C=C\C/C=C\C/C=C\C/C=C\C/C=C\CCCC(=O)N1CC[C@H](CC(=O)c2cnc(C)c[n+]2[O-])C1.S. The fraction of sp³-hybridized carbons (Fsp3) is 0.484. The van der Waals surface area contributed by atoms with Gasteiger partial charge in [-0.1, -0.05) is 67.7 Å². The molecular formula is C31H45N3O3S. The Hall–Kier alpha value is -2.93. The summed E-state index contributed by atoms with van der Waals surface area (Å²) in [7, 11) is 0. The first-order chi connectivity index (χ1) is 18.0. The summed E-state index contributed by atoms with van der Waals surface area (Å²) in [4.78, 5) is 30.9. The zero-order valence-electron chi connectivity index (χ0n) is 23.1. The lowest BCUT2D eigenvalue weighted by molar-refractivity contribution is -0.608. The molecule has 1 amide bonds. The van der Waals surface area contributed by atoms with Crippen molar-refractivity contribution in [1.29, 1.82) is 0 Å². The highest BCUT2D eigenvalue weighted by atomic mass is 32.1. The van der Waals surface area contributed by atoms with Gasteiger partial charge in [0.1, 0.15) is 11.9 Å². The Kier molecular flexibility index (Phi) is 17.5. The summed E-state index contributed by atoms with van der Waals surface area (Å²) in [5.74, 6) is 0.0436. The summed E-state index contributed by atoms with van der Waals surface area (Å²) in [6.45, 7) is 5.13. The lowest BCUT2D eigenvalue weighted by Crippen LogP contribution is -2.36. The van der Waals surface area contributed by atoms with Crippen molar-refractivity contribution in [3.8, 4) is 0 Å². The number of carbonyl (C=O) groups is 2. The summed E-state index contributed by atoms with van der Waals surface area (Å²) in [5, 5.41) is 11.9. The van der Waals surface area contributed by atoms with E-state index < -0.39 is 0 Å². The summed E-state index contributed by atoms with van der Waals surface area (Å²) >= 11 is 0. The Morgan fingerprint density at radius 1 is 1.00 bits per heavy atom. The first-order valence-corrected chi connectivity index (χ1v) is 13.6. The van der Waals surface area contributed by atoms with Crippen LogP contribution >= 0.6 is 13.5 Å². The standard InChI is InChI=1S/C31H43N3O3.H2S/c1-3-4-5-6-7-8-9-10-11-12-13-14-15-16-17-18-19-20-31(36)33-22-21-28(26-33)23-30(35)29-24-32-27(2)25-34(29)37;/h4-5,7-8,10-11,13-14,16-17,24-25,28H,3,6,9,12,15,18-23,26H2,1-2H3;1H2/b5-4-,8-7-,11-10-,14-13-,17-16-;/t28-;/m1./s1. The molecule has 38 heavy (non-hydrogen) atoms. The number of ketones is 1. The molecule has 2 heterocycles. The second kappa shape index (κ2) is 20.1. The molecule has 0 bridgehead atoms. The lowest BCUT2D eigenvalue weighted by atomic mass is 10.0. The highest BCUT2D eigenvalue weighted by molar-refractivity contribution is 7.59. The van der Waals surface area contributed by atoms with Crippen LogP contribution < -0.4 is 4.73 Å². The average Bonchev–Trinajstić information content (AvgIpc) is 3.34. The molecule has 1 aliphatic rings. The number of aromatic nitrogens is 2. The second-order valence-corrected chi connectivity index (χ2v) is 9.46. The third kappa shape index (κ3) is 13.6. The summed E-state index contributed by atoms with van der Waals surface area (Å²) in [6.07, 6.45) is 32.7. The summed E-state index contributed by atoms with van der Waals surface area (Å²) in [5.41, 5.74) is 0.654. The molecule has 0 aliphatic carbocycles. The van der Waals surface area contributed by atoms with Gasteiger partial charge in [-0.25, -0.2) is 4.98 Å². The Labute approximate surface area is 236 Å². The van der Waals surface area contributed by atoms with Crippen molar-refractivity contribution >= 4 is 25.2 Å². The maximum absolute atomic E-state index is 12.5. The molecule has 0 N–H and O–H groups in total. The van der Waals surface area contributed by atoms with E-state index in [1.807, 2.05) is 4.90 Å². The molecule has 0 saturated carbocycles. The van der Waals surface area contributed by atoms with Crippen LogP contribution in [0.2, 0.25) is 0 Å². The molecule has 1 atom stereocenters. The van der Waals surface area contributed by atoms with Crippen LogP contribution in [-0.2, 0) is 4.79 Å². The van der Waals surface area contributed by atoms with Gasteiger partial charge in [0.2, 0.25) is 17.9 Å². The summed E-state index contributed by atoms with van der Waals surface area (Å²) < 4.78 is 0.594. The van der Waals surface area contributed by atoms with Gasteiger partial charge in [-0.2, -0.15) is 18.2 Å². The van der Waals surface area contributed by atoms with Crippen molar-refractivity contribution < 1.29 is 14.3 Å². The van der Waals surface area contributed by atoms with E-state index in [4.69, 9.17) is 0 Å². The van der Waals surface area contributed by atoms with Crippen molar-refractivity contribution in [2.45, 2.75) is 78.1 Å². The van der Waals surface area contributed by atoms with Gasteiger partial charge in [-0.15, -0.1) is 0 Å². The van der Waals surface area contributed by atoms with E-state index in [0.717, 1.165) is 51.4 Å². The maximum Gasteiger partial charge on any atom is 0.278 e. The monoisotopic (exact) mass is 539 g/mol. The number of unbranched alkanes of at least 4 members (excludes halogenated alkanes) is 1. The largest absolute Gasteiger partial charge is 0.618 e. The first kappa shape index (κ1) is 33.1. The van der Waals surface area contributed by atoms with E-state index >= 15 is 0 Å². The van der Waals surface area contributed by atoms with Crippen molar-refractivity contribution in [3.05, 3.63) is 89.7 Å². The Balaban J connectivity index is 0.00000722. The Morgan fingerprint density at radius 3 is 2.16 bits per heavy atom. The van der Waals surface area contributed by atoms with Gasteiger partial charge in [0.25, 0.3) is 5.69 Å². The van der Waals surface area contributed by atoms with Crippen molar-refractivity contribution in [3.63, 3.8) is 0 Å². The number of likely N-dealkylation sites (tertiary alicyclic amines) is 1. The molecule has 7 heteroatoms. The molecule has 208 valence electrons. The number of Topliss-reactive ketones (excluding diaryl/α,β-unsaturated/α-hetero) is 1. The van der Waals surface area contributed by atoms with E-state index in [1.54, 1.807) is 6.92 Å². The Bertz CT molecular complexity index is 998. The number of aryl methyl sites for hydroxylation is 1. The zero-order valence-corrected chi connectivity index (χ0v) is 24.1. The van der Waals surface area contributed by atoms with Crippen LogP contribution in [0.15, 0.2) is 73.2 Å². The van der Waals surface area contributed by atoms with E-state index in [-0.39, 0.29) is 43.2 Å². The first-order valence-electron chi connectivity index (χ1n) is 13.6. The number of rotatable bonds is 16. The molecular weight excluding hydrogens is 494 g/mol. The average molecular weight is 540 g/mol. The van der Waals surface area contributed by atoms with Crippen LogP contribution in [0.1, 0.15) is 87.3 Å². The van der Waals surface area contributed by atoms with Gasteiger partial charge in [-0.05, 0) is 64.2 Å². The number of allylic oxidation sites excluding steroid dienone is 10. The summed E-state index contributed by atoms with van der Waals surface area (Å²) in [6, 6.07) is 0. The minimum absolute atomic E-state index is 0. The van der Waals surface area contributed by atoms with Crippen molar-refractivity contribution in [1.82, 2.24) is 9.88 Å². The van der Waals surface area contributed by atoms with Gasteiger partial charge in [0.05, 0.1) is 0 Å². The molecule has 1 aromatic rings. The Morgan fingerprint density at radius 2 is 1.58 bits per heavy atom. The fourth-order valence-corrected chi connectivity index (χ4v) is 4.18. The predicted molar refractivity (Wildman–Crippen MR) is 160 cm³/mol. The van der Waals surface area contributed by atoms with Crippen molar-refractivity contribution in [2.24, 2.45) is 5.92 Å². The van der Waals surface area contributed by atoms with Crippen molar-refractivity contribution in [2.75, 3.05) is 13.1 Å². The van der Waals surface area contributed by atoms with E-state index in [9.17, 15) is 14.8 Å². The van der Waals surface area contributed by atoms with Crippen LogP contribution in [0.4, 0.5) is 0 Å². The number of hydrogen-bond acceptors (Lipinski definition) is 4. The lowest BCUT2D eigenvalue weighted by Gasteiger charge is -2.16. The van der Waals surface area contributed by atoms with Crippen LogP contribution in [0.3, 0.4) is 0 Å². The minimum atomic E-state index is -0.208. The van der Waals surface area contributed by atoms with Crippen LogP contribution in [-0.4, -0.2) is 34.7 Å². The molecule has 0 radical (unpaired) electrons. The number of amides is 1. The van der Waals surface area contributed by atoms with Gasteiger partial charge >= 0.3 is 0 Å². The molecule has 1 saturated heterocycles. The van der Waals surface area contributed by atoms with Crippen LogP contribution in [0, 0.1) is 18.0 Å². The van der Waals surface area contributed by atoms with Gasteiger partial charge < -0.3 is 10.1 Å². The maximum atomic E-state index is 12.5. The topological polar surface area (TPSA) is 77.2 Å². The minimum Gasteiger partial charge on any atom is -0.618 e. The van der Waals surface area contributed by atoms with E-state index in [0.29, 0.717) is 29.9 Å². The molecule has 0 aromatic carbocycles. The van der Waals surface area contributed by atoms with Gasteiger partial charge in [-0.3, -0.25) is 9.59 Å². The zero-order chi connectivity index (χ0) is 26.7. The molecule has 1 aromatic heterocycles. The smallest absolute Gasteiger partial charge is 0.278 e. The molecule has 1 aliphatic heterocycles. The van der Waals surface area contributed by atoms with Gasteiger partial charge in [0, 0.05) is 25.9 Å². The quantitative estimate of drug-likeness (QED) is 0.0792. The fourth-order valence-electron chi connectivity index (χ4n) is 4.18. The predicted octanol–water partition coefficient (Wildman–Crippen LogP) is 6.48.